The number of rotatable bonds is 7. The van der Waals surface area contributed by atoms with E-state index in [1.165, 1.54) is 0 Å². The summed E-state index contributed by atoms with van der Waals surface area (Å²) in [5, 5.41) is 3.61. The van der Waals surface area contributed by atoms with E-state index >= 15 is 0 Å². The summed E-state index contributed by atoms with van der Waals surface area (Å²) in [6.07, 6.45) is 0. The van der Waals surface area contributed by atoms with Gasteiger partial charge in [-0.05, 0) is 54.6 Å². The van der Waals surface area contributed by atoms with Crippen LogP contribution in [0.5, 0.6) is 11.5 Å². The number of hydrogen-bond donors (Lipinski definition) is 1. The summed E-state index contributed by atoms with van der Waals surface area (Å²) in [5.41, 5.74) is 1.04. The fraction of sp³-hybridized carbons (Fsp3) is 0.0952. The second-order valence-electron chi connectivity index (χ2n) is 5.65. The average molecular weight is 402 g/mol. The van der Waals surface area contributed by atoms with Crippen molar-refractivity contribution < 1.29 is 14.3 Å². The van der Waals surface area contributed by atoms with E-state index in [0.717, 1.165) is 5.75 Å². The molecule has 0 radical (unpaired) electrons. The quantitative estimate of drug-likeness (QED) is 0.516. The van der Waals surface area contributed by atoms with Crippen LogP contribution in [0.15, 0.2) is 72.8 Å². The van der Waals surface area contributed by atoms with Crippen LogP contribution >= 0.6 is 23.2 Å². The molecule has 0 fully saturated rings. The molecule has 0 aliphatic heterocycles. The Morgan fingerprint density at radius 2 is 1.33 bits per heavy atom. The summed E-state index contributed by atoms with van der Waals surface area (Å²) in [4.78, 5) is 12.3. The Kier molecular flexibility index (Phi) is 6.58. The van der Waals surface area contributed by atoms with Gasteiger partial charge in [-0.3, -0.25) is 4.79 Å². The molecule has 0 unspecified atom stereocenters. The van der Waals surface area contributed by atoms with Gasteiger partial charge in [0.25, 0.3) is 5.91 Å². The average Bonchev–Trinajstić information content (AvgIpc) is 2.66. The van der Waals surface area contributed by atoms with Gasteiger partial charge in [-0.1, -0.05) is 41.4 Å². The molecule has 138 valence electrons. The molecule has 3 aromatic rings. The van der Waals surface area contributed by atoms with Crippen molar-refractivity contribution in [1.29, 1.82) is 0 Å². The van der Waals surface area contributed by atoms with Crippen molar-refractivity contribution in [1.82, 2.24) is 0 Å². The Balaban J connectivity index is 1.49. The van der Waals surface area contributed by atoms with Crippen LogP contribution < -0.4 is 14.8 Å². The van der Waals surface area contributed by atoms with E-state index in [-0.39, 0.29) is 5.91 Å². The fourth-order valence-electron chi connectivity index (χ4n) is 2.36. The van der Waals surface area contributed by atoms with Crippen molar-refractivity contribution in [3.05, 3.63) is 88.4 Å². The molecule has 0 aliphatic rings. The number of nitrogens with one attached hydrogen (secondary N) is 1. The molecule has 3 aromatic carbocycles. The van der Waals surface area contributed by atoms with Gasteiger partial charge in [0.05, 0.1) is 0 Å². The van der Waals surface area contributed by atoms with Crippen molar-refractivity contribution in [2.75, 3.05) is 18.5 Å². The van der Waals surface area contributed by atoms with Crippen LogP contribution in [0.4, 0.5) is 5.69 Å². The van der Waals surface area contributed by atoms with Crippen LogP contribution in [-0.4, -0.2) is 19.1 Å². The molecule has 1 amide bonds. The minimum absolute atomic E-state index is 0.288. The van der Waals surface area contributed by atoms with Crippen molar-refractivity contribution in [3.63, 3.8) is 0 Å². The third-order valence-electron chi connectivity index (χ3n) is 3.60. The first kappa shape index (κ1) is 19.1. The van der Waals surface area contributed by atoms with Gasteiger partial charge < -0.3 is 14.8 Å². The van der Waals surface area contributed by atoms with E-state index in [4.69, 9.17) is 32.7 Å². The van der Waals surface area contributed by atoms with E-state index in [0.29, 0.717) is 40.3 Å². The summed E-state index contributed by atoms with van der Waals surface area (Å²) in [5.74, 6) is 1.21. The van der Waals surface area contributed by atoms with Gasteiger partial charge in [0.1, 0.15) is 24.7 Å². The van der Waals surface area contributed by atoms with Crippen molar-refractivity contribution in [2.24, 2.45) is 0 Å². The van der Waals surface area contributed by atoms with E-state index in [1.54, 1.807) is 42.5 Å². The Labute approximate surface area is 167 Å². The zero-order valence-electron chi connectivity index (χ0n) is 14.3. The number of para-hydroxylation sites is 1. The maximum absolute atomic E-state index is 12.3. The third-order valence-corrected chi connectivity index (χ3v) is 4.04. The zero-order chi connectivity index (χ0) is 19.1. The molecular formula is C21H17Cl2NO3. The van der Waals surface area contributed by atoms with Crippen molar-refractivity contribution >= 4 is 34.8 Å². The Morgan fingerprint density at radius 3 is 1.93 bits per heavy atom. The molecule has 27 heavy (non-hydrogen) atoms. The Hall–Kier alpha value is -2.69. The lowest BCUT2D eigenvalue weighted by Crippen LogP contribution is -2.12. The first-order valence-corrected chi connectivity index (χ1v) is 9.04. The molecule has 0 saturated carbocycles. The summed E-state index contributed by atoms with van der Waals surface area (Å²) in [7, 11) is 0. The minimum Gasteiger partial charge on any atom is -0.490 e. The number of benzene rings is 3. The zero-order valence-corrected chi connectivity index (χ0v) is 15.8. The molecule has 0 spiro atoms. The van der Waals surface area contributed by atoms with Gasteiger partial charge in [-0.15, -0.1) is 0 Å². The normalized spacial score (nSPS) is 10.3. The summed E-state index contributed by atoms with van der Waals surface area (Å²) in [6, 6.07) is 21.3. The predicted octanol–water partition coefficient (Wildman–Crippen LogP) is 5.70. The lowest BCUT2D eigenvalue weighted by Gasteiger charge is -2.10. The molecule has 0 heterocycles. The minimum atomic E-state index is -0.288. The topological polar surface area (TPSA) is 47.6 Å². The number of carbonyl (C=O) groups excluding carboxylic acids is 1. The molecular weight excluding hydrogens is 385 g/mol. The van der Waals surface area contributed by atoms with Gasteiger partial charge in [0, 0.05) is 21.3 Å². The summed E-state index contributed by atoms with van der Waals surface area (Å²) >= 11 is 11.9. The second-order valence-corrected chi connectivity index (χ2v) is 6.52. The fourth-order valence-corrected chi connectivity index (χ4v) is 2.88. The van der Waals surface area contributed by atoms with Crippen LogP contribution in [0.25, 0.3) is 0 Å². The van der Waals surface area contributed by atoms with E-state index in [9.17, 15) is 4.79 Å². The van der Waals surface area contributed by atoms with Gasteiger partial charge in [-0.25, -0.2) is 0 Å². The molecule has 1 N–H and O–H groups in total. The number of carbonyl (C=O) groups is 1. The maximum Gasteiger partial charge on any atom is 0.255 e. The van der Waals surface area contributed by atoms with Gasteiger partial charge in [0.2, 0.25) is 0 Å². The smallest absolute Gasteiger partial charge is 0.255 e. The Morgan fingerprint density at radius 1 is 0.778 bits per heavy atom. The van der Waals surface area contributed by atoms with Crippen LogP contribution in [0.3, 0.4) is 0 Å². The van der Waals surface area contributed by atoms with Crippen LogP contribution in [0.1, 0.15) is 10.4 Å². The highest BCUT2D eigenvalue weighted by Crippen LogP contribution is 2.21. The lowest BCUT2D eigenvalue weighted by molar-refractivity contribution is 0.102. The van der Waals surface area contributed by atoms with Crippen LogP contribution in [0.2, 0.25) is 10.0 Å². The lowest BCUT2D eigenvalue weighted by atomic mass is 10.2. The van der Waals surface area contributed by atoms with Crippen molar-refractivity contribution in [2.45, 2.75) is 0 Å². The number of hydrogen-bond acceptors (Lipinski definition) is 3. The maximum atomic E-state index is 12.3. The molecule has 4 nitrogen and oxygen atoms in total. The molecule has 0 aliphatic carbocycles. The SMILES string of the molecule is O=C(Nc1ccc(OCCOc2ccccc2)cc1)c1cc(Cl)cc(Cl)c1. The molecule has 0 bridgehead atoms. The molecule has 6 heteroatoms. The highest BCUT2D eigenvalue weighted by atomic mass is 35.5. The van der Waals surface area contributed by atoms with Gasteiger partial charge >= 0.3 is 0 Å². The standard InChI is InChI=1S/C21H17Cl2NO3/c22-16-12-15(13-17(23)14-16)21(25)24-18-6-8-20(9-7-18)27-11-10-26-19-4-2-1-3-5-19/h1-9,12-14H,10-11H2,(H,24,25). The molecule has 0 atom stereocenters. The van der Waals surface area contributed by atoms with E-state index in [2.05, 4.69) is 5.32 Å². The second kappa shape index (κ2) is 9.31. The number of ether oxygens (including phenoxy) is 2. The highest BCUT2D eigenvalue weighted by molar-refractivity contribution is 6.35. The van der Waals surface area contributed by atoms with E-state index < -0.39 is 0 Å². The van der Waals surface area contributed by atoms with Crippen LogP contribution in [-0.2, 0) is 0 Å². The largest absolute Gasteiger partial charge is 0.490 e. The third kappa shape index (κ3) is 5.91. The Bertz CT molecular complexity index is 879. The highest BCUT2D eigenvalue weighted by Gasteiger charge is 2.08. The molecule has 0 saturated heterocycles. The predicted molar refractivity (Wildman–Crippen MR) is 108 cm³/mol. The molecule has 3 rings (SSSR count). The number of halogens is 2. The summed E-state index contributed by atoms with van der Waals surface area (Å²) < 4.78 is 11.2. The van der Waals surface area contributed by atoms with E-state index in [1.807, 2.05) is 30.3 Å². The number of amides is 1. The number of anilines is 1. The summed E-state index contributed by atoms with van der Waals surface area (Å²) in [6.45, 7) is 0.861. The van der Waals surface area contributed by atoms with Gasteiger partial charge in [-0.2, -0.15) is 0 Å². The van der Waals surface area contributed by atoms with Gasteiger partial charge in [0.15, 0.2) is 0 Å². The molecule has 0 aromatic heterocycles. The van der Waals surface area contributed by atoms with Crippen molar-refractivity contribution in [3.8, 4) is 11.5 Å². The first-order chi connectivity index (χ1) is 13.1. The van der Waals surface area contributed by atoms with Crippen LogP contribution in [0, 0.1) is 0 Å². The first-order valence-electron chi connectivity index (χ1n) is 8.28. The monoisotopic (exact) mass is 401 g/mol.